The molecule has 10 heteroatoms. The summed E-state index contributed by atoms with van der Waals surface area (Å²) in [7, 11) is -4.20. The summed E-state index contributed by atoms with van der Waals surface area (Å²) in [6.07, 6.45) is 0.234. The molecule has 0 radical (unpaired) electrons. The molecule has 0 fully saturated rings. The topological polar surface area (TPSA) is 96.0 Å². The maximum Gasteiger partial charge on any atom is 0.264 e. The lowest BCUT2D eigenvalue weighted by Crippen LogP contribution is -2.53. The molecule has 0 aromatic heterocycles. The molecular formula is C37H42ClN3O5S. The average Bonchev–Trinajstić information content (AvgIpc) is 3.06. The minimum atomic E-state index is -4.20. The lowest BCUT2D eigenvalue weighted by molar-refractivity contribution is -0.140. The number of carbonyl (C=O) groups is 2. The van der Waals surface area contributed by atoms with E-state index in [1.165, 1.54) is 17.0 Å². The van der Waals surface area contributed by atoms with Crippen molar-refractivity contribution in [2.75, 3.05) is 24.0 Å². The second-order valence-electron chi connectivity index (χ2n) is 11.7. The molecular weight excluding hydrogens is 634 g/mol. The van der Waals surface area contributed by atoms with E-state index in [1.807, 2.05) is 58.0 Å². The van der Waals surface area contributed by atoms with Gasteiger partial charge in [0.25, 0.3) is 10.0 Å². The number of sulfonamides is 1. The number of rotatable bonds is 15. The van der Waals surface area contributed by atoms with Crippen molar-refractivity contribution in [3.63, 3.8) is 0 Å². The molecule has 1 atom stereocenters. The van der Waals surface area contributed by atoms with Gasteiger partial charge in [0.1, 0.15) is 18.3 Å². The Kier molecular flexibility index (Phi) is 12.4. The quantitative estimate of drug-likeness (QED) is 0.152. The number of ether oxygens (including phenoxy) is 1. The molecule has 2 amide bonds. The first kappa shape index (κ1) is 35.5. The molecule has 0 heterocycles. The monoisotopic (exact) mass is 675 g/mol. The molecule has 248 valence electrons. The Balaban J connectivity index is 1.79. The molecule has 0 spiro atoms. The van der Waals surface area contributed by atoms with E-state index in [1.54, 1.807) is 60.7 Å². The summed E-state index contributed by atoms with van der Waals surface area (Å²) in [5.74, 6) is -0.0973. The first-order valence-electron chi connectivity index (χ1n) is 15.7. The zero-order chi connectivity index (χ0) is 34.0. The van der Waals surface area contributed by atoms with Crippen LogP contribution in [0.15, 0.2) is 108 Å². The van der Waals surface area contributed by atoms with Crippen LogP contribution in [-0.2, 0) is 32.6 Å². The Hall–Kier alpha value is -4.34. The molecule has 4 rings (SSSR count). The highest BCUT2D eigenvalue weighted by Gasteiger charge is 2.34. The van der Waals surface area contributed by atoms with Gasteiger partial charge in [0.05, 0.1) is 17.2 Å². The summed E-state index contributed by atoms with van der Waals surface area (Å²) in [5, 5.41) is 3.53. The number of benzene rings is 4. The van der Waals surface area contributed by atoms with Gasteiger partial charge in [-0.3, -0.25) is 13.9 Å². The van der Waals surface area contributed by atoms with Crippen LogP contribution >= 0.6 is 11.6 Å². The fourth-order valence-corrected chi connectivity index (χ4v) is 6.54. The van der Waals surface area contributed by atoms with Crippen molar-refractivity contribution in [3.05, 3.63) is 125 Å². The molecule has 1 N–H and O–H groups in total. The lowest BCUT2D eigenvalue weighted by Gasteiger charge is -2.34. The molecule has 0 unspecified atom stereocenters. The number of anilines is 1. The molecule has 4 aromatic rings. The van der Waals surface area contributed by atoms with Gasteiger partial charge in [-0.1, -0.05) is 85.6 Å². The van der Waals surface area contributed by atoms with Gasteiger partial charge < -0.3 is 15.0 Å². The fourth-order valence-electron chi connectivity index (χ4n) is 5.00. The zero-order valence-corrected chi connectivity index (χ0v) is 28.8. The lowest BCUT2D eigenvalue weighted by atomic mass is 10.0. The Morgan fingerprint density at radius 2 is 1.49 bits per heavy atom. The highest BCUT2D eigenvalue weighted by atomic mass is 35.5. The average molecular weight is 676 g/mol. The molecule has 0 aliphatic heterocycles. The van der Waals surface area contributed by atoms with Crippen molar-refractivity contribution in [3.8, 4) is 5.75 Å². The van der Waals surface area contributed by atoms with Gasteiger partial charge in [-0.2, -0.15) is 0 Å². The van der Waals surface area contributed by atoms with E-state index >= 15 is 0 Å². The van der Waals surface area contributed by atoms with Gasteiger partial charge in [0, 0.05) is 24.5 Å². The van der Waals surface area contributed by atoms with Crippen molar-refractivity contribution < 1.29 is 22.7 Å². The predicted molar refractivity (Wildman–Crippen MR) is 187 cm³/mol. The fraction of sp³-hybridized carbons (Fsp3) is 0.297. The van der Waals surface area contributed by atoms with Crippen LogP contribution in [0.3, 0.4) is 0 Å². The van der Waals surface area contributed by atoms with Crippen molar-refractivity contribution >= 4 is 39.1 Å². The van der Waals surface area contributed by atoms with Crippen LogP contribution in [0.2, 0.25) is 5.02 Å². The van der Waals surface area contributed by atoms with Crippen LogP contribution in [0.25, 0.3) is 0 Å². The molecule has 0 saturated carbocycles. The highest BCUT2D eigenvalue weighted by molar-refractivity contribution is 7.92. The first-order valence-corrected chi connectivity index (χ1v) is 17.5. The van der Waals surface area contributed by atoms with E-state index < -0.39 is 28.5 Å². The van der Waals surface area contributed by atoms with Gasteiger partial charge in [-0.05, 0) is 79.4 Å². The van der Waals surface area contributed by atoms with Crippen LogP contribution in [0, 0.1) is 12.8 Å². The van der Waals surface area contributed by atoms with E-state index in [2.05, 4.69) is 5.32 Å². The molecule has 8 nitrogen and oxygen atoms in total. The number of aryl methyl sites for hydroxylation is 1. The Bertz CT molecular complexity index is 1710. The molecule has 0 aliphatic carbocycles. The molecule has 0 saturated heterocycles. The SMILES string of the molecule is CCOc1ccc(N(CC(=O)N(Cc2ccc(Cl)cc2)[C@H](Cc2ccccc2)C(=O)NCC(C)C)S(=O)(=O)c2ccc(C)cc2)cc1. The Labute approximate surface area is 283 Å². The minimum Gasteiger partial charge on any atom is -0.494 e. The summed E-state index contributed by atoms with van der Waals surface area (Å²) >= 11 is 6.16. The van der Waals surface area contributed by atoms with Crippen LogP contribution in [0.5, 0.6) is 5.75 Å². The van der Waals surface area contributed by atoms with Crippen LogP contribution in [0.4, 0.5) is 5.69 Å². The van der Waals surface area contributed by atoms with E-state index in [-0.39, 0.29) is 35.4 Å². The second-order valence-corrected chi connectivity index (χ2v) is 14.0. The molecule has 0 aliphatic rings. The second kappa shape index (κ2) is 16.5. The molecule has 4 aromatic carbocycles. The third-order valence-electron chi connectivity index (χ3n) is 7.55. The summed E-state index contributed by atoms with van der Waals surface area (Å²) in [6.45, 7) is 8.11. The number of amides is 2. The van der Waals surface area contributed by atoms with E-state index in [9.17, 15) is 18.0 Å². The number of hydrogen-bond acceptors (Lipinski definition) is 5. The predicted octanol–water partition coefficient (Wildman–Crippen LogP) is 6.65. The largest absolute Gasteiger partial charge is 0.494 e. The van der Waals surface area contributed by atoms with Crippen LogP contribution in [-0.4, -0.2) is 50.9 Å². The zero-order valence-electron chi connectivity index (χ0n) is 27.2. The standard InChI is InChI=1S/C37H42ClN3O5S/c1-5-46-33-19-17-32(18-20-33)41(47(44,45)34-21-11-28(4)12-22-34)26-36(42)40(25-30-13-15-31(38)16-14-30)35(37(43)39-24-27(2)3)23-29-9-7-6-8-10-29/h6-22,27,35H,5,23-26H2,1-4H3,(H,39,43)/t35-/m1/s1. The van der Waals surface area contributed by atoms with Gasteiger partial charge in [0.15, 0.2) is 0 Å². The number of nitrogens with one attached hydrogen (secondary N) is 1. The van der Waals surface area contributed by atoms with Crippen LogP contribution in [0.1, 0.15) is 37.5 Å². The van der Waals surface area contributed by atoms with Gasteiger partial charge in [-0.15, -0.1) is 0 Å². The van der Waals surface area contributed by atoms with Crippen molar-refractivity contribution in [1.82, 2.24) is 10.2 Å². The highest BCUT2D eigenvalue weighted by Crippen LogP contribution is 2.27. The third kappa shape index (κ3) is 9.83. The minimum absolute atomic E-state index is 0.0459. The van der Waals surface area contributed by atoms with Gasteiger partial charge in [-0.25, -0.2) is 8.42 Å². The van der Waals surface area contributed by atoms with Crippen LogP contribution < -0.4 is 14.4 Å². The van der Waals surface area contributed by atoms with Crippen molar-refractivity contribution in [1.29, 1.82) is 0 Å². The van der Waals surface area contributed by atoms with E-state index in [0.717, 1.165) is 21.0 Å². The first-order chi connectivity index (χ1) is 22.5. The van der Waals surface area contributed by atoms with Crippen molar-refractivity contribution in [2.24, 2.45) is 5.92 Å². The van der Waals surface area contributed by atoms with E-state index in [4.69, 9.17) is 16.3 Å². The number of hydrogen-bond donors (Lipinski definition) is 1. The summed E-state index contributed by atoms with van der Waals surface area (Å²) in [6, 6.07) is 28.6. The summed E-state index contributed by atoms with van der Waals surface area (Å²) in [4.78, 5) is 30.0. The maximum atomic E-state index is 14.6. The number of carbonyl (C=O) groups excluding carboxylic acids is 2. The number of nitrogens with zero attached hydrogens (tertiary/aromatic N) is 2. The normalized spacial score (nSPS) is 12.0. The van der Waals surface area contributed by atoms with Gasteiger partial charge >= 0.3 is 0 Å². The van der Waals surface area contributed by atoms with E-state index in [0.29, 0.717) is 23.9 Å². The molecule has 47 heavy (non-hydrogen) atoms. The molecule has 0 bridgehead atoms. The summed E-state index contributed by atoms with van der Waals surface area (Å²) in [5.41, 5.74) is 2.80. The maximum absolute atomic E-state index is 14.6. The number of halogens is 1. The third-order valence-corrected chi connectivity index (χ3v) is 9.59. The van der Waals surface area contributed by atoms with Gasteiger partial charge in [0.2, 0.25) is 11.8 Å². The summed E-state index contributed by atoms with van der Waals surface area (Å²) < 4.78 is 35.1. The smallest absolute Gasteiger partial charge is 0.264 e. The Morgan fingerprint density at radius 1 is 0.851 bits per heavy atom. The van der Waals surface area contributed by atoms with Crippen molar-refractivity contribution in [2.45, 2.75) is 51.6 Å². The Morgan fingerprint density at radius 3 is 2.09 bits per heavy atom.